The first-order chi connectivity index (χ1) is 15.3. The first kappa shape index (κ1) is 21.5. The van der Waals surface area contributed by atoms with Crippen molar-refractivity contribution in [2.45, 2.75) is 6.04 Å². The number of hydrogen-bond donors (Lipinski definition) is 2. The zero-order valence-corrected chi connectivity index (χ0v) is 17.9. The monoisotopic (exact) mass is 465 g/mol. The molecule has 1 fully saturated rings. The summed E-state index contributed by atoms with van der Waals surface area (Å²) in [7, 11) is 0. The molecule has 160 valence electrons. The molecular weight excluding hydrogens is 450 g/mol. The van der Waals surface area contributed by atoms with Crippen molar-refractivity contribution in [3.8, 4) is 11.3 Å². The van der Waals surface area contributed by atoms with Crippen molar-refractivity contribution < 1.29 is 29.0 Å². The lowest BCUT2D eigenvalue weighted by molar-refractivity contribution is -0.145. The number of nitrogens with zero attached hydrogens (tertiary/aromatic N) is 1. The maximum absolute atomic E-state index is 13.0. The maximum atomic E-state index is 13.0. The van der Waals surface area contributed by atoms with Crippen LogP contribution in [0.3, 0.4) is 0 Å². The predicted molar refractivity (Wildman–Crippen MR) is 123 cm³/mol. The van der Waals surface area contributed by atoms with Crippen molar-refractivity contribution >= 4 is 52.2 Å². The van der Waals surface area contributed by atoms with Crippen LogP contribution in [0.5, 0.6) is 0 Å². The van der Waals surface area contributed by atoms with Gasteiger partial charge in [0.15, 0.2) is 6.04 Å². The Hall–Kier alpha value is -3.69. The molecule has 0 aliphatic carbocycles. The SMILES string of the molecule is O=C(O)c1cccc(-c2ccc(/C=C3\SC(=S)N(C(C(=O)O)c4ccccc4)C3=O)o2)c1. The van der Waals surface area contributed by atoms with Gasteiger partial charge in [0.05, 0.1) is 10.5 Å². The number of amides is 1. The van der Waals surface area contributed by atoms with Gasteiger partial charge >= 0.3 is 11.9 Å². The highest BCUT2D eigenvalue weighted by Crippen LogP contribution is 2.38. The fraction of sp³-hybridized carbons (Fsp3) is 0.0435. The van der Waals surface area contributed by atoms with Crippen LogP contribution >= 0.6 is 24.0 Å². The molecule has 32 heavy (non-hydrogen) atoms. The Kier molecular flexibility index (Phi) is 5.93. The number of aliphatic carboxylic acids is 1. The summed E-state index contributed by atoms with van der Waals surface area (Å²) in [5.41, 5.74) is 1.14. The van der Waals surface area contributed by atoms with E-state index in [1.165, 1.54) is 18.2 Å². The Bertz CT molecular complexity index is 1260. The summed E-state index contributed by atoms with van der Waals surface area (Å²) < 4.78 is 5.90. The maximum Gasteiger partial charge on any atom is 0.335 e. The quantitative estimate of drug-likeness (QED) is 0.399. The molecule has 1 amide bonds. The van der Waals surface area contributed by atoms with Crippen LogP contribution in [0.1, 0.15) is 27.7 Å². The molecule has 9 heteroatoms. The van der Waals surface area contributed by atoms with Crippen molar-refractivity contribution in [1.82, 2.24) is 4.90 Å². The predicted octanol–water partition coefficient (Wildman–Crippen LogP) is 4.67. The molecule has 1 aliphatic rings. The standard InChI is InChI=1S/C23H15NO6S2/c25-20-18(32-23(31)24(20)19(22(28)29)13-5-2-1-3-6-13)12-16-9-10-17(30-16)14-7-4-8-15(11-14)21(26)27/h1-12,19H,(H,26,27)(H,28,29)/b18-12-. The zero-order valence-electron chi connectivity index (χ0n) is 16.3. The highest BCUT2D eigenvalue weighted by molar-refractivity contribution is 8.26. The molecule has 0 bridgehead atoms. The van der Waals surface area contributed by atoms with Crippen LogP contribution in [0.2, 0.25) is 0 Å². The molecule has 2 aromatic carbocycles. The average molecular weight is 466 g/mol. The van der Waals surface area contributed by atoms with E-state index < -0.39 is 23.9 Å². The van der Waals surface area contributed by atoms with Gasteiger partial charge in [0.2, 0.25) is 0 Å². The van der Waals surface area contributed by atoms with Crippen molar-refractivity contribution in [2.24, 2.45) is 0 Å². The molecule has 2 N–H and O–H groups in total. The number of carboxylic acids is 2. The smallest absolute Gasteiger partial charge is 0.335 e. The van der Waals surface area contributed by atoms with Crippen molar-refractivity contribution in [2.75, 3.05) is 0 Å². The number of carboxylic acid groups (broad SMARTS) is 2. The summed E-state index contributed by atoms with van der Waals surface area (Å²) in [6.07, 6.45) is 1.49. The number of carbonyl (C=O) groups is 3. The molecule has 7 nitrogen and oxygen atoms in total. The van der Waals surface area contributed by atoms with E-state index in [1.807, 2.05) is 0 Å². The molecule has 4 rings (SSSR count). The number of hydrogen-bond acceptors (Lipinski definition) is 6. The van der Waals surface area contributed by atoms with E-state index in [-0.39, 0.29) is 14.8 Å². The number of thiocarbonyl (C=S) groups is 1. The van der Waals surface area contributed by atoms with Gasteiger partial charge in [-0.05, 0) is 29.8 Å². The van der Waals surface area contributed by atoms with Crippen LogP contribution in [0.15, 0.2) is 76.1 Å². The van der Waals surface area contributed by atoms with E-state index in [9.17, 15) is 19.5 Å². The molecule has 1 unspecified atom stereocenters. The molecule has 1 aliphatic heterocycles. The minimum Gasteiger partial charge on any atom is -0.479 e. The highest BCUT2D eigenvalue weighted by Gasteiger charge is 2.41. The largest absolute Gasteiger partial charge is 0.479 e. The minimum atomic E-state index is -1.24. The average Bonchev–Trinajstić information content (AvgIpc) is 3.35. The van der Waals surface area contributed by atoms with Gasteiger partial charge in [-0.2, -0.15) is 0 Å². The molecule has 1 saturated heterocycles. The van der Waals surface area contributed by atoms with E-state index in [0.29, 0.717) is 22.6 Å². The van der Waals surface area contributed by atoms with Crippen LogP contribution in [0.4, 0.5) is 0 Å². The molecular formula is C23H15NO6S2. The van der Waals surface area contributed by atoms with Crippen molar-refractivity contribution in [1.29, 1.82) is 0 Å². The van der Waals surface area contributed by atoms with Gasteiger partial charge in [0.25, 0.3) is 5.91 Å². The van der Waals surface area contributed by atoms with E-state index in [4.69, 9.17) is 21.7 Å². The summed E-state index contributed by atoms with van der Waals surface area (Å²) in [6.45, 7) is 0. The Morgan fingerprint density at radius 1 is 1.03 bits per heavy atom. The fourth-order valence-corrected chi connectivity index (χ4v) is 4.55. The van der Waals surface area contributed by atoms with Gasteiger partial charge < -0.3 is 14.6 Å². The molecule has 0 saturated carbocycles. The minimum absolute atomic E-state index is 0.127. The number of benzene rings is 2. The fourth-order valence-electron chi connectivity index (χ4n) is 3.26. The topological polar surface area (TPSA) is 108 Å². The number of furan rings is 1. The number of aromatic carboxylic acids is 1. The van der Waals surface area contributed by atoms with Gasteiger partial charge in [-0.15, -0.1) is 0 Å². The summed E-state index contributed by atoms with van der Waals surface area (Å²) in [6, 6.07) is 16.8. The van der Waals surface area contributed by atoms with Crippen LogP contribution in [0, 0.1) is 0 Å². The molecule has 3 aromatic rings. The van der Waals surface area contributed by atoms with E-state index >= 15 is 0 Å². The normalized spacial score (nSPS) is 15.9. The van der Waals surface area contributed by atoms with Gasteiger partial charge in [-0.3, -0.25) is 9.69 Å². The van der Waals surface area contributed by atoms with Gasteiger partial charge in [-0.25, -0.2) is 9.59 Å². The molecule has 1 atom stereocenters. The summed E-state index contributed by atoms with van der Waals surface area (Å²) in [5, 5.41) is 18.9. The lowest BCUT2D eigenvalue weighted by Crippen LogP contribution is -2.37. The molecule has 2 heterocycles. The Morgan fingerprint density at radius 3 is 2.47 bits per heavy atom. The Labute approximate surface area is 192 Å². The van der Waals surface area contributed by atoms with Gasteiger partial charge in [0, 0.05) is 11.6 Å². The first-order valence-corrected chi connectivity index (χ1v) is 10.6. The van der Waals surface area contributed by atoms with E-state index in [2.05, 4.69) is 0 Å². The second kappa shape index (κ2) is 8.81. The lowest BCUT2D eigenvalue weighted by Gasteiger charge is -2.23. The van der Waals surface area contributed by atoms with Crippen molar-refractivity contribution in [3.63, 3.8) is 0 Å². The van der Waals surface area contributed by atoms with Gasteiger partial charge in [0.1, 0.15) is 15.8 Å². The number of thioether (sulfide) groups is 1. The third-order valence-corrected chi connectivity index (χ3v) is 6.06. The summed E-state index contributed by atoms with van der Waals surface area (Å²) in [4.78, 5) is 37.5. The number of rotatable bonds is 6. The third kappa shape index (κ3) is 4.20. The van der Waals surface area contributed by atoms with Crippen LogP contribution in [-0.2, 0) is 9.59 Å². The Balaban J connectivity index is 1.62. The van der Waals surface area contributed by atoms with Crippen LogP contribution < -0.4 is 0 Å². The van der Waals surface area contributed by atoms with Crippen LogP contribution in [-0.4, -0.2) is 37.3 Å². The molecule has 1 aromatic heterocycles. The number of carbonyl (C=O) groups excluding carboxylic acids is 1. The lowest BCUT2D eigenvalue weighted by atomic mass is 10.1. The second-order valence-electron chi connectivity index (χ2n) is 6.79. The highest BCUT2D eigenvalue weighted by atomic mass is 32.2. The second-order valence-corrected chi connectivity index (χ2v) is 8.47. The zero-order chi connectivity index (χ0) is 22.8. The van der Waals surface area contributed by atoms with E-state index in [1.54, 1.807) is 54.6 Å². The molecule has 0 radical (unpaired) electrons. The Morgan fingerprint density at radius 2 is 1.78 bits per heavy atom. The van der Waals surface area contributed by atoms with Crippen molar-refractivity contribution in [3.05, 3.63) is 88.5 Å². The molecule has 0 spiro atoms. The van der Waals surface area contributed by atoms with Gasteiger partial charge in [-0.1, -0.05) is 66.4 Å². The first-order valence-electron chi connectivity index (χ1n) is 9.33. The summed E-state index contributed by atoms with van der Waals surface area (Å²) >= 11 is 6.30. The van der Waals surface area contributed by atoms with Crippen LogP contribution in [0.25, 0.3) is 17.4 Å². The van der Waals surface area contributed by atoms with E-state index in [0.717, 1.165) is 16.7 Å². The third-order valence-electron chi connectivity index (χ3n) is 4.73. The summed E-state index contributed by atoms with van der Waals surface area (Å²) in [5.74, 6) is -1.97.